The summed E-state index contributed by atoms with van der Waals surface area (Å²) in [5, 5.41) is 21.3. The predicted octanol–water partition coefficient (Wildman–Crippen LogP) is 2.89. The number of Topliss-reactive ketones (excluding diaryl/α,β-unsaturated/α-hetero) is 1. The zero-order valence-corrected chi connectivity index (χ0v) is 25.2. The molecule has 0 radical (unpaired) electrons. The van der Waals surface area contributed by atoms with E-state index < -0.39 is 23.4 Å². The van der Waals surface area contributed by atoms with Crippen LogP contribution in [0.15, 0.2) is 35.3 Å². The number of carboxylic acid groups (broad SMARTS) is 2. The average Bonchev–Trinajstić information content (AvgIpc) is 2.97. The predicted molar refractivity (Wildman–Crippen MR) is 165 cm³/mol. The Balaban J connectivity index is 1.41. The summed E-state index contributed by atoms with van der Waals surface area (Å²) in [5.74, 6) is -2.95. The van der Waals surface area contributed by atoms with Gasteiger partial charge in [-0.3, -0.25) is 29.0 Å². The molecule has 1 amide bonds. The number of nitrogen functional groups attached to an aromatic ring is 1. The van der Waals surface area contributed by atoms with Crippen molar-refractivity contribution in [1.29, 1.82) is 0 Å². The fourth-order valence-corrected chi connectivity index (χ4v) is 6.29. The smallest absolute Gasteiger partial charge is 0.306 e. The van der Waals surface area contributed by atoms with Gasteiger partial charge in [-0.25, -0.2) is 9.97 Å². The highest BCUT2D eigenvalue weighted by Crippen LogP contribution is 2.28. The maximum atomic E-state index is 12.8. The minimum atomic E-state index is -1.13. The van der Waals surface area contributed by atoms with E-state index in [0.717, 1.165) is 5.56 Å². The third kappa shape index (κ3) is 11.3. The Hall–Kier alpha value is -3.98. The first-order valence-corrected chi connectivity index (χ1v) is 16.0. The summed E-state index contributed by atoms with van der Waals surface area (Å²) in [6.07, 6.45) is 3.09. The number of aromatic nitrogens is 4. The van der Waals surface area contributed by atoms with Gasteiger partial charge in [0.15, 0.2) is 16.9 Å². The number of rotatable bonds is 18. The summed E-state index contributed by atoms with van der Waals surface area (Å²) in [7, 11) is 3.10. The van der Waals surface area contributed by atoms with Gasteiger partial charge in [0.2, 0.25) is 11.9 Å². The van der Waals surface area contributed by atoms with Crippen molar-refractivity contribution in [3.63, 3.8) is 0 Å². The molecule has 2 atom stereocenters. The van der Waals surface area contributed by atoms with Crippen molar-refractivity contribution in [2.24, 2.45) is 5.92 Å². The van der Waals surface area contributed by atoms with Crippen molar-refractivity contribution in [2.45, 2.75) is 57.1 Å². The van der Waals surface area contributed by atoms with Crippen molar-refractivity contribution in [3.8, 4) is 0 Å². The molecular weight excluding hydrogens is 596 g/mol. The topological polar surface area (TPSA) is 218 Å². The second-order valence-electron chi connectivity index (χ2n) is 9.89. The molecule has 0 saturated heterocycles. The molecule has 0 aliphatic carbocycles. The van der Waals surface area contributed by atoms with Crippen LogP contribution in [0.25, 0.3) is 11.2 Å². The van der Waals surface area contributed by atoms with Crippen molar-refractivity contribution >= 4 is 62.3 Å². The van der Waals surface area contributed by atoms with Crippen LogP contribution in [0.2, 0.25) is 0 Å². The van der Waals surface area contributed by atoms with Crippen LogP contribution in [0.5, 0.6) is 0 Å². The van der Waals surface area contributed by atoms with Gasteiger partial charge >= 0.3 is 11.9 Å². The quantitative estimate of drug-likeness (QED) is 0.0776. The third-order valence-corrected chi connectivity index (χ3v) is 9.40. The van der Waals surface area contributed by atoms with E-state index in [4.69, 9.17) is 10.8 Å². The molecule has 0 saturated carbocycles. The number of aromatic amines is 1. The van der Waals surface area contributed by atoms with Gasteiger partial charge in [0, 0.05) is 42.4 Å². The van der Waals surface area contributed by atoms with Gasteiger partial charge in [-0.05, 0) is 31.2 Å². The molecule has 1 unspecified atom stereocenters. The van der Waals surface area contributed by atoms with E-state index in [1.807, 2.05) is 6.92 Å². The van der Waals surface area contributed by atoms with Gasteiger partial charge in [-0.1, -0.05) is 52.8 Å². The average molecular weight is 631 g/mol. The number of ketones is 1. The summed E-state index contributed by atoms with van der Waals surface area (Å²) in [6.45, 7) is 2.36. The Labute approximate surface area is 255 Å². The number of benzene rings is 1. The molecule has 13 nitrogen and oxygen atoms in total. The minimum Gasteiger partial charge on any atom is -0.481 e. The zero-order chi connectivity index (χ0) is 31.4. The number of hydrogen-bond acceptors (Lipinski definition) is 11. The lowest BCUT2D eigenvalue weighted by Crippen LogP contribution is -2.27. The molecule has 2 heterocycles. The first-order valence-electron chi connectivity index (χ1n) is 13.6. The number of hydrogen-bond donors (Lipinski definition) is 5. The van der Waals surface area contributed by atoms with Crippen LogP contribution in [-0.4, -0.2) is 71.3 Å². The van der Waals surface area contributed by atoms with Crippen LogP contribution in [0.4, 0.5) is 5.95 Å². The van der Waals surface area contributed by atoms with Crippen molar-refractivity contribution in [3.05, 3.63) is 57.6 Å². The number of aryl methyl sites for hydroxylation is 2. The van der Waals surface area contributed by atoms with Gasteiger partial charge in [0.1, 0.15) is 0 Å². The van der Waals surface area contributed by atoms with Crippen molar-refractivity contribution in [1.82, 2.24) is 25.3 Å². The lowest BCUT2D eigenvalue weighted by molar-refractivity contribution is -0.142. The van der Waals surface area contributed by atoms with Crippen molar-refractivity contribution < 1.29 is 29.4 Å². The van der Waals surface area contributed by atoms with E-state index in [1.165, 1.54) is 17.0 Å². The van der Waals surface area contributed by atoms with Crippen LogP contribution in [-0.2, 0) is 27.2 Å². The lowest BCUT2D eigenvalue weighted by Gasteiger charge is -2.12. The maximum Gasteiger partial charge on any atom is 0.306 e. The largest absolute Gasteiger partial charge is 0.481 e. The van der Waals surface area contributed by atoms with E-state index >= 15 is 0 Å². The fraction of sp³-hybridized carbons (Fsp3) is 0.429. The molecule has 0 spiro atoms. The Kier molecular flexibility index (Phi) is 12.9. The van der Waals surface area contributed by atoms with Gasteiger partial charge in [0.25, 0.3) is 5.56 Å². The maximum absolute atomic E-state index is 12.8. The third-order valence-electron chi connectivity index (χ3n) is 6.44. The van der Waals surface area contributed by atoms with Gasteiger partial charge in [0.05, 0.1) is 17.8 Å². The molecule has 6 N–H and O–H groups in total. The molecule has 15 heteroatoms. The molecule has 2 aromatic heterocycles. The molecule has 3 rings (SSSR count). The van der Waals surface area contributed by atoms with E-state index in [2.05, 4.69) is 25.3 Å². The molecule has 0 bridgehead atoms. The Morgan fingerprint density at radius 2 is 1.79 bits per heavy atom. The minimum absolute atomic E-state index is 0.0109. The van der Waals surface area contributed by atoms with Crippen LogP contribution in [0.1, 0.15) is 60.6 Å². The Morgan fingerprint density at radius 1 is 1.05 bits per heavy atom. The highest BCUT2D eigenvalue weighted by atomic mass is 33.1. The number of carbonyl (C=O) groups is 4. The van der Waals surface area contributed by atoms with Crippen LogP contribution in [0, 0.1) is 5.92 Å². The highest BCUT2D eigenvalue weighted by Gasteiger charge is 2.23. The molecule has 0 aliphatic heterocycles. The SMILES string of the molecule is CC(CCC(=O)O)SSCCNC(=O)CC[C@H](CC(=O)c1ccc(CCc2cnc3nc(N)[nH]c(=O)c3n2)cc1)C(=O)O. The molecule has 230 valence electrons. The number of amides is 1. The second kappa shape index (κ2) is 16.6. The first kappa shape index (κ1) is 33.5. The number of H-pyrrole nitrogens is 1. The molecule has 0 fully saturated rings. The summed E-state index contributed by atoms with van der Waals surface area (Å²) in [4.78, 5) is 74.2. The van der Waals surface area contributed by atoms with E-state index in [9.17, 15) is 29.1 Å². The summed E-state index contributed by atoms with van der Waals surface area (Å²) in [6, 6.07) is 6.85. The van der Waals surface area contributed by atoms with E-state index in [1.54, 1.807) is 35.1 Å². The molecule has 1 aromatic carbocycles. The number of nitrogens with two attached hydrogens (primary N) is 1. The van der Waals surface area contributed by atoms with E-state index in [-0.39, 0.29) is 59.7 Å². The summed E-state index contributed by atoms with van der Waals surface area (Å²) in [5.41, 5.74) is 7.23. The highest BCUT2D eigenvalue weighted by molar-refractivity contribution is 8.76. The van der Waals surface area contributed by atoms with E-state index in [0.29, 0.717) is 42.8 Å². The number of nitrogens with one attached hydrogen (secondary N) is 2. The number of anilines is 1. The lowest BCUT2D eigenvalue weighted by atomic mass is 9.93. The first-order chi connectivity index (χ1) is 20.5. The summed E-state index contributed by atoms with van der Waals surface area (Å²) < 4.78 is 0. The second-order valence-corrected chi connectivity index (χ2v) is 12.8. The van der Waals surface area contributed by atoms with Gasteiger partial charge in [-0.15, -0.1) is 0 Å². The normalized spacial score (nSPS) is 12.5. The van der Waals surface area contributed by atoms with Crippen LogP contribution in [0.3, 0.4) is 0 Å². The standard InChI is InChI=1S/C28H34N6O7S2/c1-16(2-11-23(37)38)43-42-13-12-30-22(36)10-8-19(27(40)41)14-21(35)18-6-3-17(4-7-18)5-9-20-15-31-25-24(32-20)26(39)34-28(29)33-25/h3-4,6-7,15-16,19H,2,5,8-14H2,1H3,(H,30,36)(H,37,38)(H,40,41)(H3,29,31,33,34,39)/t16?,19-/m1/s1. The molecule has 3 aromatic rings. The van der Waals surface area contributed by atoms with Crippen LogP contribution < -0.4 is 16.6 Å². The number of fused-ring (bicyclic) bond motifs is 1. The van der Waals surface area contributed by atoms with Crippen LogP contribution >= 0.6 is 21.6 Å². The summed E-state index contributed by atoms with van der Waals surface area (Å²) >= 11 is 0. The van der Waals surface area contributed by atoms with Gasteiger partial charge in [-0.2, -0.15) is 4.98 Å². The van der Waals surface area contributed by atoms with Gasteiger partial charge < -0.3 is 21.3 Å². The zero-order valence-electron chi connectivity index (χ0n) is 23.6. The number of nitrogens with zero attached hydrogens (tertiary/aromatic N) is 3. The number of aliphatic carboxylic acids is 2. The number of carboxylic acids is 2. The Morgan fingerprint density at radius 3 is 2.49 bits per heavy atom. The molecule has 43 heavy (non-hydrogen) atoms. The molecular formula is C28H34N6O7S2. The monoisotopic (exact) mass is 630 g/mol. The number of carbonyl (C=O) groups excluding carboxylic acids is 2. The van der Waals surface area contributed by atoms with Crippen molar-refractivity contribution in [2.75, 3.05) is 18.0 Å². The Bertz CT molecular complexity index is 1500. The fourth-order valence-electron chi connectivity index (χ4n) is 4.04. The molecule has 0 aliphatic rings.